The average molecular weight is 343 g/mol. The maximum Gasteiger partial charge on any atom is 0.251 e. The second kappa shape index (κ2) is 6.13. The highest BCUT2D eigenvalue weighted by Crippen LogP contribution is 2.16. The Hall–Kier alpha value is -1.76. The minimum Gasteiger partial charge on any atom is -0.350 e. The van der Waals surface area contributed by atoms with Crippen molar-refractivity contribution in [1.29, 1.82) is 0 Å². The summed E-state index contributed by atoms with van der Waals surface area (Å²) in [5.41, 5.74) is 0.185. The van der Waals surface area contributed by atoms with Crippen molar-refractivity contribution in [2.24, 2.45) is 0 Å². The summed E-state index contributed by atoms with van der Waals surface area (Å²) in [4.78, 5) is 35.6. The van der Waals surface area contributed by atoms with Gasteiger partial charge in [0.2, 0.25) is 11.8 Å². The van der Waals surface area contributed by atoms with Gasteiger partial charge in [0, 0.05) is 31.5 Å². The van der Waals surface area contributed by atoms with E-state index in [0.717, 1.165) is 11.0 Å². The highest BCUT2D eigenvalue weighted by Gasteiger charge is 2.28. The number of nitrogens with one attached hydrogen (secondary N) is 1. The largest absolute Gasteiger partial charge is 0.350 e. The molecule has 1 aliphatic rings. The lowest BCUT2D eigenvalue weighted by atomic mass is 10.2. The van der Waals surface area contributed by atoms with Gasteiger partial charge in [0.05, 0.1) is 4.47 Å². The molecule has 0 atom stereocenters. The summed E-state index contributed by atoms with van der Waals surface area (Å²) in [5.74, 6) is -1.42. The number of rotatable bonds is 4. The molecular formula is C13H12BrFN2O3. The summed E-state index contributed by atoms with van der Waals surface area (Å²) in [5, 5.41) is 2.55. The molecule has 106 valence electrons. The number of amides is 3. The number of likely N-dealkylation sites (tertiary alicyclic amines) is 1. The van der Waals surface area contributed by atoms with Gasteiger partial charge in [-0.3, -0.25) is 19.3 Å². The van der Waals surface area contributed by atoms with Gasteiger partial charge in [0.15, 0.2) is 0 Å². The van der Waals surface area contributed by atoms with Crippen LogP contribution in [0.3, 0.4) is 0 Å². The van der Waals surface area contributed by atoms with E-state index in [1.165, 1.54) is 12.1 Å². The van der Waals surface area contributed by atoms with E-state index >= 15 is 0 Å². The summed E-state index contributed by atoms with van der Waals surface area (Å²) in [6.07, 6.45) is 0.454. The minimum atomic E-state index is -0.525. The first kappa shape index (κ1) is 14.6. The van der Waals surface area contributed by atoms with Crippen molar-refractivity contribution in [3.8, 4) is 0 Å². The molecule has 0 radical (unpaired) electrons. The van der Waals surface area contributed by atoms with Crippen LogP contribution in [-0.2, 0) is 9.59 Å². The van der Waals surface area contributed by atoms with Crippen molar-refractivity contribution in [1.82, 2.24) is 10.2 Å². The van der Waals surface area contributed by atoms with Crippen LogP contribution in [-0.4, -0.2) is 35.7 Å². The molecule has 0 saturated carbocycles. The number of imide groups is 1. The molecular weight excluding hydrogens is 331 g/mol. The van der Waals surface area contributed by atoms with Crippen LogP contribution >= 0.6 is 15.9 Å². The molecule has 1 aromatic carbocycles. The van der Waals surface area contributed by atoms with Crippen LogP contribution in [0.15, 0.2) is 22.7 Å². The molecule has 0 aliphatic carbocycles. The first-order valence-electron chi connectivity index (χ1n) is 6.05. The van der Waals surface area contributed by atoms with Crippen LogP contribution in [0.25, 0.3) is 0 Å². The van der Waals surface area contributed by atoms with Gasteiger partial charge in [0.1, 0.15) is 5.82 Å². The molecule has 3 amide bonds. The number of halogens is 2. The number of carbonyl (C=O) groups excluding carboxylic acids is 3. The molecule has 1 aromatic rings. The Bertz CT molecular complexity index is 561. The zero-order valence-corrected chi connectivity index (χ0v) is 12.1. The standard InChI is InChI=1S/C13H12BrFN2O3/c14-9-2-1-8(7-10(9)15)13(20)16-5-6-17-11(18)3-4-12(17)19/h1-2,7H,3-6H2,(H,16,20). The van der Waals surface area contributed by atoms with Crippen molar-refractivity contribution in [3.63, 3.8) is 0 Å². The number of hydrogen-bond acceptors (Lipinski definition) is 3. The van der Waals surface area contributed by atoms with Gasteiger partial charge < -0.3 is 5.32 Å². The quantitative estimate of drug-likeness (QED) is 0.842. The molecule has 2 rings (SSSR count). The highest BCUT2D eigenvalue weighted by molar-refractivity contribution is 9.10. The Labute approximate surface area is 123 Å². The third-order valence-electron chi connectivity index (χ3n) is 2.96. The fraction of sp³-hybridized carbons (Fsp3) is 0.308. The Morgan fingerprint density at radius 3 is 2.55 bits per heavy atom. The van der Waals surface area contributed by atoms with Gasteiger partial charge in [0.25, 0.3) is 5.91 Å². The van der Waals surface area contributed by atoms with Crippen molar-refractivity contribution in [2.75, 3.05) is 13.1 Å². The maximum atomic E-state index is 13.3. The predicted octanol–water partition coefficient (Wildman–Crippen LogP) is 1.47. The third kappa shape index (κ3) is 3.22. The van der Waals surface area contributed by atoms with Crippen molar-refractivity contribution < 1.29 is 18.8 Å². The topological polar surface area (TPSA) is 66.5 Å². The summed E-state index contributed by atoms with van der Waals surface area (Å²) in [6, 6.07) is 4.04. The molecule has 1 aliphatic heterocycles. The fourth-order valence-corrected chi connectivity index (χ4v) is 2.14. The lowest BCUT2D eigenvalue weighted by molar-refractivity contribution is -0.138. The molecule has 1 fully saturated rings. The second-order valence-electron chi connectivity index (χ2n) is 4.32. The van der Waals surface area contributed by atoms with Crippen LogP contribution in [0.4, 0.5) is 4.39 Å². The Morgan fingerprint density at radius 1 is 1.30 bits per heavy atom. The number of nitrogens with zero attached hydrogens (tertiary/aromatic N) is 1. The van der Waals surface area contributed by atoms with Crippen molar-refractivity contribution in [2.45, 2.75) is 12.8 Å². The molecule has 0 bridgehead atoms. The van der Waals surface area contributed by atoms with Crippen molar-refractivity contribution in [3.05, 3.63) is 34.1 Å². The van der Waals surface area contributed by atoms with E-state index in [1.54, 1.807) is 0 Å². The molecule has 1 N–H and O–H groups in total. The lowest BCUT2D eigenvalue weighted by Crippen LogP contribution is -2.37. The van der Waals surface area contributed by atoms with Crippen LogP contribution in [0.1, 0.15) is 23.2 Å². The second-order valence-corrected chi connectivity index (χ2v) is 5.18. The van der Waals surface area contributed by atoms with E-state index in [4.69, 9.17) is 0 Å². The fourth-order valence-electron chi connectivity index (χ4n) is 1.89. The first-order chi connectivity index (χ1) is 9.49. The van der Waals surface area contributed by atoms with Gasteiger partial charge in [-0.15, -0.1) is 0 Å². The monoisotopic (exact) mass is 342 g/mol. The normalized spacial score (nSPS) is 14.8. The smallest absolute Gasteiger partial charge is 0.251 e. The zero-order chi connectivity index (χ0) is 14.7. The first-order valence-corrected chi connectivity index (χ1v) is 6.85. The van der Waals surface area contributed by atoms with Crippen LogP contribution < -0.4 is 5.32 Å². The molecule has 1 saturated heterocycles. The SMILES string of the molecule is O=C(NCCN1C(=O)CCC1=O)c1ccc(Br)c(F)c1. The number of hydrogen-bond donors (Lipinski definition) is 1. The van der Waals surface area contributed by atoms with Gasteiger partial charge in [-0.1, -0.05) is 0 Å². The van der Waals surface area contributed by atoms with Gasteiger partial charge >= 0.3 is 0 Å². The van der Waals surface area contributed by atoms with Crippen LogP contribution in [0.2, 0.25) is 0 Å². The Balaban J connectivity index is 1.87. The number of benzene rings is 1. The Kier molecular flexibility index (Phi) is 4.49. The Morgan fingerprint density at radius 2 is 1.95 bits per heavy atom. The van der Waals surface area contributed by atoms with Crippen molar-refractivity contribution >= 4 is 33.7 Å². The van der Waals surface area contributed by atoms with E-state index in [9.17, 15) is 18.8 Å². The molecule has 20 heavy (non-hydrogen) atoms. The summed E-state index contributed by atoms with van der Waals surface area (Å²) < 4.78 is 13.6. The van der Waals surface area contributed by atoms with Gasteiger partial charge in [-0.2, -0.15) is 0 Å². The molecule has 0 aromatic heterocycles. The van der Waals surface area contributed by atoms with E-state index in [-0.39, 0.29) is 47.8 Å². The number of carbonyl (C=O) groups is 3. The molecule has 1 heterocycles. The summed E-state index contributed by atoms with van der Waals surface area (Å²) in [7, 11) is 0. The van der Waals surface area contributed by atoms with E-state index in [0.29, 0.717) is 0 Å². The van der Waals surface area contributed by atoms with E-state index in [1.807, 2.05) is 0 Å². The maximum absolute atomic E-state index is 13.3. The van der Waals surface area contributed by atoms with Gasteiger partial charge in [-0.25, -0.2) is 4.39 Å². The van der Waals surface area contributed by atoms with Gasteiger partial charge in [-0.05, 0) is 34.1 Å². The summed E-state index contributed by atoms with van der Waals surface area (Å²) in [6.45, 7) is 0.288. The zero-order valence-electron chi connectivity index (χ0n) is 10.5. The van der Waals surface area contributed by atoms with E-state index in [2.05, 4.69) is 21.2 Å². The average Bonchev–Trinajstić information content (AvgIpc) is 2.73. The van der Waals surface area contributed by atoms with E-state index < -0.39 is 11.7 Å². The van der Waals surface area contributed by atoms with Crippen LogP contribution in [0.5, 0.6) is 0 Å². The van der Waals surface area contributed by atoms with Crippen LogP contribution in [0, 0.1) is 5.82 Å². The predicted molar refractivity (Wildman–Crippen MR) is 72.4 cm³/mol. The molecule has 7 heteroatoms. The molecule has 5 nitrogen and oxygen atoms in total. The summed E-state index contributed by atoms with van der Waals surface area (Å²) >= 11 is 3.00. The highest BCUT2D eigenvalue weighted by atomic mass is 79.9. The minimum absolute atomic E-state index is 0.141. The third-order valence-corrected chi connectivity index (χ3v) is 3.60. The molecule has 0 spiro atoms. The molecule has 0 unspecified atom stereocenters. The lowest BCUT2D eigenvalue weighted by Gasteiger charge is -2.14.